The molecule has 1 atom stereocenters. The van der Waals surface area contributed by atoms with Gasteiger partial charge in [0.25, 0.3) is 5.91 Å². The van der Waals surface area contributed by atoms with Crippen molar-refractivity contribution in [3.05, 3.63) is 23.8 Å². The number of esters is 1. The van der Waals surface area contributed by atoms with Crippen LogP contribution in [0.2, 0.25) is 0 Å². The van der Waals surface area contributed by atoms with Gasteiger partial charge in [-0.3, -0.25) is 9.59 Å². The summed E-state index contributed by atoms with van der Waals surface area (Å²) in [5, 5.41) is 2.84. The van der Waals surface area contributed by atoms with Crippen LogP contribution in [0.15, 0.2) is 18.2 Å². The molecule has 6 nitrogen and oxygen atoms in total. The van der Waals surface area contributed by atoms with Crippen molar-refractivity contribution in [2.45, 2.75) is 51.5 Å². The van der Waals surface area contributed by atoms with Crippen LogP contribution in [0.4, 0.5) is 0 Å². The number of amides is 1. The van der Waals surface area contributed by atoms with Crippen LogP contribution in [0.5, 0.6) is 11.5 Å². The summed E-state index contributed by atoms with van der Waals surface area (Å²) in [5.74, 6) is 1.45. The molecule has 0 saturated heterocycles. The quantitative estimate of drug-likeness (QED) is 0.755. The number of rotatable bonds is 7. The molecule has 0 bridgehead atoms. The van der Waals surface area contributed by atoms with E-state index in [9.17, 15) is 9.59 Å². The van der Waals surface area contributed by atoms with Gasteiger partial charge in [-0.05, 0) is 37.0 Å². The SMILES string of the molecule is CC(NC(=O)COC(=O)CCC1CCCC1)c1ccc2c(c1)OCCO2. The third-order valence-corrected chi connectivity index (χ3v) is 5.04. The van der Waals surface area contributed by atoms with Crippen LogP contribution in [0.25, 0.3) is 0 Å². The fraction of sp³-hybridized carbons (Fsp3) is 0.600. The second-order valence-corrected chi connectivity index (χ2v) is 7.04. The Bertz CT molecular complexity index is 639. The average molecular weight is 361 g/mol. The molecule has 1 N–H and O–H groups in total. The first-order valence-corrected chi connectivity index (χ1v) is 9.46. The molecule has 1 aromatic carbocycles. The van der Waals surface area contributed by atoms with Crippen LogP contribution >= 0.6 is 0 Å². The predicted molar refractivity (Wildman–Crippen MR) is 96.1 cm³/mol. The van der Waals surface area contributed by atoms with Gasteiger partial charge in [0.15, 0.2) is 18.1 Å². The summed E-state index contributed by atoms with van der Waals surface area (Å²) >= 11 is 0. The summed E-state index contributed by atoms with van der Waals surface area (Å²) in [4.78, 5) is 23.8. The second kappa shape index (κ2) is 8.92. The van der Waals surface area contributed by atoms with Crippen LogP contribution in [-0.2, 0) is 14.3 Å². The Balaban J connectivity index is 1.40. The first-order chi connectivity index (χ1) is 12.6. The molecular weight excluding hydrogens is 334 g/mol. The Morgan fingerprint density at radius 3 is 2.69 bits per heavy atom. The number of benzene rings is 1. The highest BCUT2D eigenvalue weighted by atomic mass is 16.6. The minimum absolute atomic E-state index is 0.212. The lowest BCUT2D eigenvalue weighted by atomic mass is 10.0. The maximum Gasteiger partial charge on any atom is 0.306 e. The van der Waals surface area contributed by atoms with Crippen molar-refractivity contribution >= 4 is 11.9 Å². The summed E-state index contributed by atoms with van der Waals surface area (Å²) in [6.45, 7) is 2.71. The zero-order valence-corrected chi connectivity index (χ0v) is 15.3. The molecule has 1 heterocycles. The molecule has 142 valence electrons. The highest BCUT2D eigenvalue weighted by molar-refractivity contribution is 5.80. The van der Waals surface area contributed by atoms with Crippen LogP contribution < -0.4 is 14.8 Å². The van der Waals surface area contributed by atoms with E-state index in [1.54, 1.807) is 0 Å². The normalized spacial score (nSPS) is 17.6. The van der Waals surface area contributed by atoms with E-state index in [1.807, 2.05) is 25.1 Å². The highest BCUT2D eigenvalue weighted by Gasteiger charge is 2.18. The van der Waals surface area contributed by atoms with Gasteiger partial charge in [-0.1, -0.05) is 31.7 Å². The van der Waals surface area contributed by atoms with E-state index < -0.39 is 0 Å². The predicted octanol–water partition coefficient (Wildman–Crippen LogP) is 3.15. The van der Waals surface area contributed by atoms with Crippen LogP contribution in [0, 0.1) is 5.92 Å². The van der Waals surface area contributed by atoms with Gasteiger partial charge in [-0.2, -0.15) is 0 Å². The van der Waals surface area contributed by atoms with E-state index in [0.29, 0.717) is 31.3 Å². The number of hydrogen-bond acceptors (Lipinski definition) is 5. The number of carbonyl (C=O) groups is 2. The van der Waals surface area contributed by atoms with E-state index in [1.165, 1.54) is 25.7 Å². The first-order valence-electron chi connectivity index (χ1n) is 9.46. The first kappa shape index (κ1) is 18.5. The van der Waals surface area contributed by atoms with Crippen molar-refractivity contribution in [1.29, 1.82) is 0 Å². The molecular formula is C20H27NO5. The van der Waals surface area contributed by atoms with Gasteiger partial charge in [0.1, 0.15) is 13.2 Å². The number of nitrogens with one attached hydrogen (secondary N) is 1. The summed E-state index contributed by atoms with van der Waals surface area (Å²) in [6, 6.07) is 5.39. The van der Waals surface area contributed by atoms with Crippen LogP contribution in [0.1, 0.15) is 57.1 Å². The van der Waals surface area contributed by atoms with Crippen molar-refractivity contribution in [2.75, 3.05) is 19.8 Å². The van der Waals surface area contributed by atoms with Crippen LogP contribution in [-0.4, -0.2) is 31.7 Å². The molecule has 1 aliphatic heterocycles. The molecule has 1 amide bonds. The third kappa shape index (κ3) is 5.13. The van der Waals surface area contributed by atoms with Crippen molar-refractivity contribution in [2.24, 2.45) is 5.92 Å². The number of fused-ring (bicyclic) bond motifs is 1. The maximum absolute atomic E-state index is 12.0. The molecule has 3 rings (SSSR count). The lowest BCUT2D eigenvalue weighted by molar-refractivity contribution is -0.149. The number of ether oxygens (including phenoxy) is 3. The molecule has 1 saturated carbocycles. The average Bonchev–Trinajstić information content (AvgIpc) is 3.18. The standard InChI is InChI=1S/C20H27NO5/c1-14(16-7-8-17-18(12-16)25-11-10-24-17)21-19(22)13-26-20(23)9-6-15-4-2-3-5-15/h7-8,12,14-15H,2-6,9-11,13H2,1H3,(H,21,22). The molecule has 6 heteroatoms. The monoisotopic (exact) mass is 361 g/mol. The van der Waals surface area contributed by atoms with E-state index in [0.717, 1.165) is 17.7 Å². The Hall–Kier alpha value is -2.24. The lowest BCUT2D eigenvalue weighted by Crippen LogP contribution is -2.31. The molecule has 0 aromatic heterocycles. The van der Waals surface area contributed by atoms with Crippen molar-refractivity contribution < 1.29 is 23.8 Å². The van der Waals surface area contributed by atoms with Gasteiger partial charge in [0, 0.05) is 6.42 Å². The Labute approximate surface area is 154 Å². The molecule has 26 heavy (non-hydrogen) atoms. The third-order valence-electron chi connectivity index (χ3n) is 5.04. The maximum atomic E-state index is 12.0. The fourth-order valence-electron chi connectivity index (χ4n) is 3.53. The Kier molecular flexibility index (Phi) is 6.36. The summed E-state index contributed by atoms with van der Waals surface area (Å²) in [7, 11) is 0. The van der Waals surface area contributed by atoms with E-state index in [2.05, 4.69) is 5.32 Å². The molecule has 0 radical (unpaired) electrons. The van der Waals surface area contributed by atoms with Crippen molar-refractivity contribution in [3.8, 4) is 11.5 Å². The van der Waals surface area contributed by atoms with Crippen molar-refractivity contribution in [1.82, 2.24) is 5.32 Å². The zero-order chi connectivity index (χ0) is 18.4. The molecule has 2 aliphatic rings. The molecule has 1 aromatic rings. The van der Waals surface area contributed by atoms with Gasteiger partial charge < -0.3 is 19.5 Å². The number of carbonyl (C=O) groups excluding carboxylic acids is 2. The molecule has 1 unspecified atom stereocenters. The minimum atomic E-state index is -0.304. The largest absolute Gasteiger partial charge is 0.486 e. The lowest BCUT2D eigenvalue weighted by Gasteiger charge is -2.21. The van der Waals surface area contributed by atoms with Gasteiger partial charge in [0.05, 0.1) is 6.04 Å². The summed E-state index contributed by atoms with van der Waals surface area (Å²) in [6.07, 6.45) is 6.21. The van der Waals surface area contributed by atoms with Crippen molar-refractivity contribution in [3.63, 3.8) is 0 Å². The van der Waals surface area contributed by atoms with Crippen LogP contribution in [0.3, 0.4) is 0 Å². The fourth-order valence-corrected chi connectivity index (χ4v) is 3.53. The summed E-state index contributed by atoms with van der Waals surface area (Å²) in [5.41, 5.74) is 0.912. The highest BCUT2D eigenvalue weighted by Crippen LogP contribution is 2.32. The molecule has 1 fully saturated rings. The molecule has 1 aliphatic carbocycles. The van der Waals surface area contributed by atoms with E-state index in [4.69, 9.17) is 14.2 Å². The second-order valence-electron chi connectivity index (χ2n) is 7.04. The van der Waals surface area contributed by atoms with Gasteiger partial charge in [0.2, 0.25) is 0 Å². The van der Waals surface area contributed by atoms with Gasteiger partial charge in [-0.15, -0.1) is 0 Å². The summed E-state index contributed by atoms with van der Waals surface area (Å²) < 4.78 is 16.1. The van der Waals surface area contributed by atoms with Gasteiger partial charge in [-0.25, -0.2) is 0 Å². The Morgan fingerprint density at radius 1 is 1.19 bits per heavy atom. The minimum Gasteiger partial charge on any atom is -0.486 e. The zero-order valence-electron chi connectivity index (χ0n) is 15.3. The van der Waals surface area contributed by atoms with E-state index in [-0.39, 0.29) is 24.5 Å². The number of hydrogen-bond donors (Lipinski definition) is 1. The van der Waals surface area contributed by atoms with E-state index >= 15 is 0 Å². The molecule has 0 spiro atoms. The Morgan fingerprint density at radius 2 is 1.92 bits per heavy atom. The topological polar surface area (TPSA) is 73.9 Å². The van der Waals surface area contributed by atoms with Gasteiger partial charge >= 0.3 is 5.97 Å². The smallest absolute Gasteiger partial charge is 0.306 e.